The molecule has 1 aromatic heterocycles. The van der Waals surface area contributed by atoms with Gasteiger partial charge in [-0.3, -0.25) is 5.32 Å². The van der Waals surface area contributed by atoms with Crippen LogP contribution in [0.3, 0.4) is 0 Å². The fourth-order valence-electron chi connectivity index (χ4n) is 2.78. The lowest BCUT2D eigenvalue weighted by molar-refractivity contribution is 0.187. The summed E-state index contributed by atoms with van der Waals surface area (Å²) in [7, 11) is 2.99. The van der Waals surface area contributed by atoms with Crippen molar-refractivity contribution in [3.05, 3.63) is 36.4 Å². The smallest absolute Gasteiger partial charge is 0.412 e. The highest BCUT2D eigenvalue weighted by molar-refractivity contribution is 5.83. The molecule has 1 fully saturated rings. The Morgan fingerprint density at radius 3 is 2.36 bits per heavy atom. The Morgan fingerprint density at radius 2 is 1.72 bits per heavy atom. The molecule has 0 aliphatic carbocycles. The van der Waals surface area contributed by atoms with E-state index in [4.69, 9.17) is 4.74 Å². The van der Waals surface area contributed by atoms with Crippen LogP contribution in [0.15, 0.2) is 36.4 Å². The number of rotatable bonds is 4. The van der Waals surface area contributed by atoms with Crippen LogP contribution in [0.4, 0.5) is 22.1 Å². The highest BCUT2D eigenvalue weighted by atomic mass is 16.5. The van der Waals surface area contributed by atoms with Crippen LogP contribution < -0.4 is 19.9 Å². The van der Waals surface area contributed by atoms with Gasteiger partial charge in [-0.05, 0) is 24.3 Å². The molecular weight excluding hydrogens is 322 g/mol. The highest BCUT2D eigenvalue weighted by Gasteiger charge is 2.20. The van der Waals surface area contributed by atoms with E-state index in [2.05, 4.69) is 36.1 Å². The summed E-state index contributed by atoms with van der Waals surface area (Å²) in [6, 6.07) is 11.6. The number of para-hydroxylation sites is 2. The Balaban J connectivity index is 1.61. The number of nitrogens with zero attached hydrogens (tertiary/aromatic N) is 4. The first kappa shape index (κ1) is 16.8. The SMILES string of the molecule is COC(=O)Nc1ccc(N2CCN(c3ccccc3OC)CC2)nn1. The van der Waals surface area contributed by atoms with E-state index in [1.54, 1.807) is 13.2 Å². The first-order valence-corrected chi connectivity index (χ1v) is 8.03. The fraction of sp³-hybridized carbons (Fsp3) is 0.353. The van der Waals surface area contributed by atoms with Gasteiger partial charge in [0.25, 0.3) is 0 Å². The zero-order valence-electron chi connectivity index (χ0n) is 14.3. The van der Waals surface area contributed by atoms with Crippen molar-refractivity contribution in [2.24, 2.45) is 0 Å². The Kier molecular flexibility index (Phi) is 5.17. The molecular formula is C17H21N5O3. The Hall–Kier alpha value is -3.03. The number of hydrogen-bond donors (Lipinski definition) is 1. The summed E-state index contributed by atoms with van der Waals surface area (Å²) in [6.07, 6.45) is -0.563. The monoisotopic (exact) mass is 343 g/mol. The van der Waals surface area contributed by atoms with Gasteiger partial charge in [0.05, 0.1) is 19.9 Å². The molecule has 8 nitrogen and oxygen atoms in total. The molecule has 0 spiro atoms. The maximum atomic E-state index is 11.2. The van der Waals surface area contributed by atoms with E-state index in [0.717, 1.165) is 43.4 Å². The third kappa shape index (κ3) is 3.90. The van der Waals surface area contributed by atoms with Crippen molar-refractivity contribution < 1.29 is 14.3 Å². The van der Waals surface area contributed by atoms with Gasteiger partial charge in [-0.25, -0.2) is 4.79 Å². The standard InChI is InChI=1S/C17H21N5O3/c1-24-14-6-4-3-5-13(14)21-9-11-22(12-10-21)16-8-7-15(19-20-16)18-17(23)25-2/h3-8H,9-12H2,1-2H3,(H,18,19,23). The molecule has 1 N–H and O–H groups in total. The molecule has 1 aliphatic heterocycles. The third-order valence-electron chi connectivity index (χ3n) is 4.10. The number of amides is 1. The number of carbonyl (C=O) groups is 1. The van der Waals surface area contributed by atoms with Gasteiger partial charge in [0, 0.05) is 26.2 Å². The second-order valence-electron chi connectivity index (χ2n) is 5.54. The summed E-state index contributed by atoms with van der Waals surface area (Å²) in [6.45, 7) is 3.39. The molecule has 2 aromatic rings. The number of aromatic nitrogens is 2. The zero-order chi connectivity index (χ0) is 17.6. The van der Waals surface area contributed by atoms with Gasteiger partial charge in [0.1, 0.15) is 5.75 Å². The van der Waals surface area contributed by atoms with Crippen molar-refractivity contribution in [3.63, 3.8) is 0 Å². The average molecular weight is 343 g/mol. The molecule has 1 saturated heterocycles. The van der Waals surface area contributed by atoms with E-state index < -0.39 is 6.09 Å². The van der Waals surface area contributed by atoms with Crippen LogP contribution >= 0.6 is 0 Å². The normalized spacial score (nSPS) is 14.2. The van der Waals surface area contributed by atoms with Gasteiger partial charge in [0.2, 0.25) is 0 Å². The van der Waals surface area contributed by atoms with Crippen molar-refractivity contribution in [2.45, 2.75) is 0 Å². The van der Waals surface area contributed by atoms with E-state index in [-0.39, 0.29) is 0 Å². The number of anilines is 3. The largest absolute Gasteiger partial charge is 0.495 e. The van der Waals surface area contributed by atoms with E-state index in [9.17, 15) is 4.79 Å². The predicted molar refractivity (Wildman–Crippen MR) is 95.5 cm³/mol. The summed E-state index contributed by atoms with van der Waals surface area (Å²) >= 11 is 0. The number of carbonyl (C=O) groups excluding carboxylic acids is 1. The Morgan fingerprint density at radius 1 is 1.00 bits per heavy atom. The Bertz CT molecular complexity index is 714. The van der Waals surface area contributed by atoms with Crippen molar-refractivity contribution >= 4 is 23.4 Å². The van der Waals surface area contributed by atoms with Crippen LogP contribution in [0.25, 0.3) is 0 Å². The molecule has 0 saturated carbocycles. The maximum Gasteiger partial charge on any atom is 0.412 e. The first-order chi connectivity index (χ1) is 12.2. The van der Waals surface area contributed by atoms with Gasteiger partial charge < -0.3 is 19.3 Å². The van der Waals surface area contributed by atoms with Crippen molar-refractivity contribution in [2.75, 3.05) is 55.5 Å². The molecule has 0 unspecified atom stereocenters. The molecule has 1 aromatic carbocycles. The maximum absolute atomic E-state index is 11.2. The molecule has 2 heterocycles. The molecule has 25 heavy (non-hydrogen) atoms. The number of hydrogen-bond acceptors (Lipinski definition) is 7. The number of methoxy groups -OCH3 is 2. The Labute approximate surface area is 146 Å². The van der Waals surface area contributed by atoms with Gasteiger partial charge in [0.15, 0.2) is 11.6 Å². The van der Waals surface area contributed by atoms with Gasteiger partial charge in [-0.2, -0.15) is 0 Å². The van der Waals surface area contributed by atoms with E-state index >= 15 is 0 Å². The molecule has 1 amide bonds. The van der Waals surface area contributed by atoms with Crippen LogP contribution in [0.1, 0.15) is 0 Å². The zero-order valence-corrected chi connectivity index (χ0v) is 14.3. The summed E-state index contributed by atoms with van der Waals surface area (Å²) in [5, 5.41) is 10.7. The fourth-order valence-corrected chi connectivity index (χ4v) is 2.78. The number of nitrogens with one attached hydrogen (secondary N) is 1. The third-order valence-corrected chi connectivity index (χ3v) is 4.10. The minimum Gasteiger partial charge on any atom is -0.495 e. The quantitative estimate of drug-likeness (QED) is 0.909. The van der Waals surface area contributed by atoms with E-state index in [1.807, 2.05) is 24.3 Å². The molecule has 3 rings (SSSR count). The van der Waals surface area contributed by atoms with Gasteiger partial charge in [-0.15, -0.1) is 10.2 Å². The number of benzene rings is 1. The minimum absolute atomic E-state index is 0.364. The first-order valence-electron chi connectivity index (χ1n) is 8.03. The minimum atomic E-state index is -0.563. The van der Waals surface area contributed by atoms with Crippen LogP contribution in [-0.4, -0.2) is 56.7 Å². The van der Waals surface area contributed by atoms with E-state index in [1.165, 1.54) is 7.11 Å². The average Bonchev–Trinajstić information content (AvgIpc) is 2.68. The summed E-state index contributed by atoms with van der Waals surface area (Å²) < 4.78 is 9.97. The van der Waals surface area contributed by atoms with E-state index in [0.29, 0.717) is 5.82 Å². The summed E-state index contributed by atoms with van der Waals surface area (Å²) in [4.78, 5) is 15.6. The van der Waals surface area contributed by atoms with Crippen LogP contribution in [-0.2, 0) is 4.74 Å². The molecule has 0 radical (unpaired) electrons. The van der Waals surface area contributed by atoms with Crippen LogP contribution in [0.5, 0.6) is 5.75 Å². The molecule has 132 valence electrons. The molecule has 1 aliphatic rings. The van der Waals surface area contributed by atoms with Gasteiger partial charge >= 0.3 is 6.09 Å². The second kappa shape index (κ2) is 7.69. The highest BCUT2D eigenvalue weighted by Crippen LogP contribution is 2.28. The van der Waals surface area contributed by atoms with Crippen LogP contribution in [0.2, 0.25) is 0 Å². The molecule has 0 atom stereocenters. The number of piperazine rings is 1. The van der Waals surface area contributed by atoms with Crippen molar-refractivity contribution in [3.8, 4) is 5.75 Å². The lowest BCUT2D eigenvalue weighted by atomic mass is 10.2. The van der Waals surface area contributed by atoms with Crippen molar-refractivity contribution in [1.29, 1.82) is 0 Å². The summed E-state index contributed by atoms with van der Waals surface area (Å²) in [5.41, 5.74) is 1.10. The van der Waals surface area contributed by atoms with Crippen LogP contribution in [0, 0.1) is 0 Å². The van der Waals surface area contributed by atoms with Gasteiger partial charge in [-0.1, -0.05) is 12.1 Å². The topological polar surface area (TPSA) is 79.8 Å². The predicted octanol–water partition coefficient (Wildman–Crippen LogP) is 1.99. The molecule has 8 heteroatoms. The lowest BCUT2D eigenvalue weighted by Gasteiger charge is -2.37. The number of ether oxygens (including phenoxy) is 2. The molecule has 0 bridgehead atoms. The van der Waals surface area contributed by atoms with Crippen molar-refractivity contribution in [1.82, 2.24) is 10.2 Å². The second-order valence-corrected chi connectivity index (χ2v) is 5.54. The lowest BCUT2D eigenvalue weighted by Crippen LogP contribution is -2.47. The summed E-state index contributed by atoms with van der Waals surface area (Å²) in [5.74, 6) is 2.03.